The summed E-state index contributed by atoms with van der Waals surface area (Å²) in [7, 11) is -3.76. The highest BCUT2D eigenvalue weighted by Gasteiger charge is 2.31. The maximum atomic E-state index is 11.7. The van der Waals surface area contributed by atoms with Crippen molar-refractivity contribution in [3.05, 3.63) is 17.7 Å². The number of nitrogens with two attached hydrogens (primary N) is 2. The van der Waals surface area contributed by atoms with Crippen LogP contribution in [0.5, 0.6) is 0 Å². The molecule has 1 aromatic carbocycles. The van der Waals surface area contributed by atoms with E-state index in [1.807, 2.05) is 6.07 Å². The minimum atomic E-state index is -3.76. The second kappa shape index (κ2) is 5.26. The Labute approximate surface area is 121 Å². The standard InChI is InChI=1S/C14H23N3O2S/c1-4-12-6-5-9(2)17(12)13-7-11(15)8-14(10(13)3)20(16,18)19/h7-9,12H,4-6,15H2,1-3H3,(H2,16,18,19). The molecule has 0 aromatic heterocycles. The highest BCUT2D eigenvalue weighted by Crippen LogP contribution is 2.37. The molecule has 1 fully saturated rings. The molecule has 1 aromatic rings. The fourth-order valence-corrected chi connectivity index (χ4v) is 4.00. The summed E-state index contributed by atoms with van der Waals surface area (Å²) in [4.78, 5) is 2.42. The zero-order valence-corrected chi connectivity index (χ0v) is 13.1. The Morgan fingerprint density at radius 1 is 1.35 bits per heavy atom. The first-order valence-electron chi connectivity index (χ1n) is 6.97. The van der Waals surface area contributed by atoms with Crippen LogP contribution in [0.25, 0.3) is 0 Å². The lowest BCUT2D eigenvalue weighted by atomic mass is 10.1. The van der Waals surface area contributed by atoms with Crippen LogP contribution in [0.3, 0.4) is 0 Å². The van der Waals surface area contributed by atoms with E-state index in [9.17, 15) is 8.42 Å². The molecule has 0 spiro atoms. The summed E-state index contributed by atoms with van der Waals surface area (Å²) in [5.41, 5.74) is 7.90. The van der Waals surface area contributed by atoms with Gasteiger partial charge in [0, 0.05) is 23.5 Å². The van der Waals surface area contributed by atoms with Crippen LogP contribution in [0.4, 0.5) is 11.4 Å². The van der Waals surface area contributed by atoms with E-state index in [0.29, 0.717) is 23.3 Å². The van der Waals surface area contributed by atoms with Gasteiger partial charge in [0.25, 0.3) is 0 Å². The first-order chi connectivity index (χ1) is 9.25. The predicted octanol–water partition coefficient (Wildman–Crippen LogP) is 1.99. The summed E-state index contributed by atoms with van der Waals surface area (Å²) < 4.78 is 23.4. The van der Waals surface area contributed by atoms with E-state index in [0.717, 1.165) is 24.9 Å². The maximum Gasteiger partial charge on any atom is 0.238 e. The third kappa shape index (κ3) is 2.62. The second-order valence-corrected chi connectivity index (χ2v) is 7.13. The van der Waals surface area contributed by atoms with Gasteiger partial charge in [-0.25, -0.2) is 13.6 Å². The van der Waals surface area contributed by atoms with Gasteiger partial charge in [0.05, 0.1) is 4.90 Å². The maximum absolute atomic E-state index is 11.7. The Kier molecular flexibility index (Phi) is 3.97. The molecule has 0 bridgehead atoms. The molecule has 0 amide bonds. The van der Waals surface area contributed by atoms with Crippen LogP contribution in [0.15, 0.2) is 17.0 Å². The average molecular weight is 297 g/mol. The number of benzene rings is 1. The van der Waals surface area contributed by atoms with Crippen molar-refractivity contribution in [2.75, 3.05) is 10.6 Å². The lowest BCUT2D eigenvalue weighted by Gasteiger charge is -2.32. The highest BCUT2D eigenvalue weighted by molar-refractivity contribution is 7.89. The lowest BCUT2D eigenvalue weighted by molar-refractivity contribution is 0.596. The van der Waals surface area contributed by atoms with Gasteiger partial charge in [-0.2, -0.15) is 0 Å². The SMILES string of the molecule is CCC1CCC(C)N1c1cc(N)cc(S(N)(=O)=O)c1C. The van der Waals surface area contributed by atoms with Crippen molar-refractivity contribution in [2.45, 2.75) is 57.0 Å². The van der Waals surface area contributed by atoms with Gasteiger partial charge in [-0.15, -0.1) is 0 Å². The van der Waals surface area contributed by atoms with Crippen LogP contribution in [0.2, 0.25) is 0 Å². The Morgan fingerprint density at radius 3 is 2.55 bits per heavy atom. The molecule has 2 rings (SSSR count). The van der Waals surface area contributed by atoms with Gasteiger partial charge in [0.2, 0.25) is 10.0 Å². The average Bonchev–Trinajstić information content (AvgIpc) is 2.71. The fraction of sp³-hybridized carbons (Fsp3) is 0.571. The molecular weight excluding hydrogens is 274 g/mol. The molecule has 1 aliphatic rings. The Hall–Kier alpha value is -1.27. The number of nitrogen functional groups attached to an aromatic ring is 1. The topological polar surface area (TPSA) is 89.4 Å². The molecule has 6 heteroatoms. The summed E-state index contributed by atoms with van der Waals surface area (Å²) in [6, 6.07) is 4.11. The minimum Gasteiger partial charge on any atom is -0.399 e. The number of primary sulfonamides is 1. The quantitative estimate of drug-likeness (QED) is 0.835. The van der Waals surface area contributed by atoms with E-state index >= 15 is 0 Å². The number of nitrogens with zero attached hydrogens (tertiary/aromatic N) is 1. The number of hydrogen-bond acceptors (Lipinski definition) is 4. The van der Waals surface area contributed by atoms with Crippen LogP contribution in [0, 0.1) is 6.92 Å². The summed E-state index contributed by atoms with van der Waals surface area (Å²) in [6.07, 6.45) is 3.26. The molecule has 1 aliphatic heterocycles. The summed E-state index contributed by atoms with van der Waals surface area (Å²) in [5, 5.41) is 5.29. The van der Waals surface area contributed by atoms with Crippen LogP contribution >= 0.6 is 0 Å². The van der Waals surface area contributed by atoms with Crippen molar-refractivity contribution < 1.29 is 8.42 Å². The van der Waals surface area contributed by atoms with E-state index in [-0.39, 0.29) is 4.90 Å². The largest absolute Gasteiger partial charge is 0.399 e. The Bertz CT molecular complexity index is 613. The van der Waals surface area contributed by atoms with Gasteiger partial charge in [-0.1, -0.05) is 6.92 Å². The number of sulfonamides is 1. The molecule has 2 atom stereocenters. The van der Waals surface area contributed by atoms with Gasteiger partial charge in [0.1, 0.15) is 0 Å². The third-order valence-corrected chi connectivity index (χ3v) is 5.23. The van der Waals surface area contributed by atoms with Crippen LogP contribution in [0.1, 0.15) is 38.7 Å². The number of rotatable bonds is 3. The first kappa shape index (κ1) is 15.1. The number of hydrogen-bond donors (Lipinski definition) is 2. The van der Waals surface area contributed by atoms with Crippen LogP contribution in [-0.4, -0.2) is 20.5 Å². The highest BCUT2D eigenvalue weighted by atomic mass is 32.2. The van der Waals surface area contributed by atoms with E-state index < -0.39 is 10.0 Å². The normalized spacial score (nSPS) is 23.3. The van der Waals surface area contributed by atoms with Crippen molar-refractivity contribution in [2.24, 2.45) is 5.14 Å². The van der Waals surface area contributed by atoms with Crippen molar-refractivity contribution >= 4 is 21.4 Å². The van der Waals surface area contributed by atoms with Crippen LogP contribution < -0.4 is 15.8 Å². The molecular formula is C14H23N3O2S. The van der Waals surface area contributed by atoms with Crippen LogP contribution in [-0.2, 0) is 10.0 Å². The van der Waals surface area contributed by atoms with E-state index in [1.165, 1.54) is 6.07 Å². The predicted molar refractivity (Wildman–Crippen MR) is 82.2 cm³/mol. The number of anilines is 2. The zero-order valence-electron chi connectivity index (χ0n) is 12.3. The monoisotopic (exact) mass is 297 g/mol. The smallest absolute Gasteiger partial charge is 0.238 e. The molecule has 1 saturated heterocycles. The van der Waals surface area contributed by atoms with Crippen molar-refractivity contribution in [1.29, 1.82) is 0 Å². The third-order valence-electron chi connectivity index (χ3n) is 4.20. The Balaban J connectivity index is 2.60. The fourth-order valence-electron chi connectivity index (χ4n) is 3.16. The van der Waals surface area contributed by atoms with E-state index in [2.05, 4.69) is 18.7 Å². The summed E-state index contributed by atoms with van der Waals surface area (Å²) in [5.74, 6) is 0. The molecule has 20 heavy (non-hydrogen) atoms. The van der Waals surface area contributed by atoms with Gasteiger partial charge >= 0.3 is 0 Å². The Morgan fingerprint density at radius 2 is 2.00 bits per heavy atom. The van der Waals surface area contributed by atoms with Crippen molar-refractivity contribution in [3.8, 4) is 0 Å². The van der Waals surface area contributed by atoms with Crippen molar-refractivity contribution in [1.82, 2.24) is 0 Å². The van der Waals surface area contributed by atoms with E-state index in [1.54, 1.807) is 6.92 Å². The minimum absolute atomic E-state index is 0.126. The van der Waals surface area contributed by atoms with Gasteiger partial charge in [0.15, 0.2) is 0 Å². The molecule has 112 valence electrons. The summed E-state index contributed by atoms with van der Waals surface area (Å²) in [6.45, 7) is 6.11. The molecule has 0 saturated carbocycles. The van der Waals surface area contributed by atoms with Gasteiger partial charge < -0.3 is 10.6 Å². The zero-order chi connectivity index (χ0) is 15.1. The lowest BCUT2D eigenvalue weighted by Crippen LogP contribution is -2.35. The van der Waals surface area contributed by atoms with Crippen molar-refractivity contribution in [3.63, 3.8) is 0 Å². The molecule has 2 unspecified atom stereocenters. The van der Waals surface area contributed by atoms with E-state index in [4.69, 9.17) is 10.9 Å². The molecule has 0 aliphatic carbocycles. The molecule has 4 N–H and O–H groups in total. The van der Waals surface area contributed by atoms with Gasteiger partial charge in [-0.3, -0.25) is 0 Å². The molecule has 0 radical (unpaired) electrons. The molecule has 5 nitrogen and oxygen atoms in total. The summed E-state index contributed by atoms with van der Waals surface area (Å²) >= 11 is 0. The van der Waals surface area contributed by atoms with Gasteiger partial charge in [-0.05, 0) is 50.8 Å². The first-order valence-corrected chi connectivity index (χ1v) is 8.51. The molecule has 1 heterocycles. The second-order valence-electron chi connectivity index (χ2n) is 5.60.